The normalized spacial score (nSPS) is 30.9. The van der Waals surface area contributed by atoms with Crippen molar-refractivity contribution in [3.05, 3.63) is 18.0 Å². The molecule has 1 aliphatic heterocycles. The Morgan fingerprint density at radius 1 is 1.65 bits per heavy atom. The van der Waals surface area contributed by atoms with Crippen LogP contribution in [0.2, 0.25) is 0 Å². The summed E-state index contributed by atoms with van der Waals surface area (Å²) in [5.41, 5.74) is 0.653. The molecule has 1 saturated carbocycles. The van der Waals surface area contributed by atoms with E-state index >= 15 is 0 Å². The van der Waals surface area contributed by atoms with Gasteiger partial charge in [0.05, 0.1) is 24.4 Å². The molecule has 3 rings (SSSR count). The molecule has 2 aliphatic rings. The highest BCUT2D eigenvalue weighted by Crippen LogP contribution is 2.45. The van der Waals surface area contributed by atoms with Crippen LogP contribution in [0.15, 0.2) is 12.4 Å². The van der Waals surface area contributed by atoms with E-state index in [1.165, 1.54) is 0 Å². The maximum absolute atomic E-state index is 12.3. The molecule has 4 atom stereocenters. The monoisotopic (exact) mass is 322 g/mol. The van der Waals surface area contributed by atoms with Crippen LogP contribution >= 0.6 is 0 Å². The molecule has 2 N–H and O–H groups in total. The molecule has 0 aromatic carbocycles. The van der Waals surface area contributed by atoms with Crippen molar-refractivity contribution in [1.82, 2.24) is 20.4 Å². The van der Waals surface area contributed by atoms with E-state index in [4.69, 9.17) is 9.47 Å². The van der Waals surface area contributed by atoms with Crippen LogP contribution in [0, 0.1) is 0 Å². The van der Waals surface area contributed by atoms with E-state index in [0.29, 0.717) is 6.61 Å². The first kappa shape index (κ1) is 16.3. The summed E-state index contributed by atoms with van der Waals surface area (Å²) in [5.74, 6) is 0. The third-order valence-electron chi connectivity index (χ3n) is 4.91. The quantitative estimate of drug-likeness (QED) is 0.861. The lowest BCUT2D eigenvalue weighted by Gasteiger charge is -2.52. The Balaban J connectivity index is 1.55. The van der Waals surface area contributed by atoms with E-state index in [1.54, 1.807) is 10.9 Å². The molecule has 4 unspecified atom stereocenters. The molecule has 1 aromatic heterocycles. The van der Waals surface area contributed by atoms with Gasteiger partial charge in [0.2, 0.25) is 0 Å². The van der Waals surface area contributed by atoms with Gasteiger partial charge >= 0.3 is 6.03 Å². The van der Waals surface area contributed by atoms with Gasteiger partial charge in [-0.05, 0) is 33.1 Å². The fourth-order valence-electron chi connectivity index (χ4n) is 3.62. The number of carbonyl (C=O) groups is 1. The molecule has 7 heteroatoms. The van der Waals surface area contributed by atoms with Crippen molar-refractivity contribution in [2.45, 2.75) is 56.9 Å². The topological polar surface area (TPSA) is 77.4 Å². The Labute approximate surface area is 136 Å². The molecule has 128 valence electrons. The summed E-state index contributed by atoms with van der Waals surface area (Å²) in [5, 5.41) is 10.2. The third-order valence-corrected chi connectivity index (χ3v) is 4.91. The third kappa shape index (κ3) is 3.07. The van der Waals surface area contributed by atoms with Crippen LogP contribution in [0.5, 0.6) is 0 Å². The Morgan fingerprint density at radius 3 is 3.09 bits per heavy atom. The minimum absolute atomic E-state index is 0.0163. The molecular weight excluding hydrogens is 296 g/mol. The lowest BCUT2D eigenvalue weighted by molar-refractivity contribution is -0.194. The summed E-state index contributed by atoms with van der Waals surface area (Å²) < 4.78 is 13.5. The van der Waals surface area contributed by atoms with Gasteiger partial charge < -0.3 is 20.1 Å². The first-order valence-electron chi connectivity index (χ1n) is 8.36. The van der Waals surface area contributed by atoms with Crippen LogP contribution in [-0.4, -0.2) is 46.8 Å². The van der Waals surface area contributed by atoms with Crippen LogP contribution in [-0.2, 0) is 16.5 Å². The van der Waals surface area contributed by atoms with Crippen molar-refractivity contribution < 1.29 is 14.3 Å². The van der Waals surface area contributed by atoms with Crippen molar-refractivity contribution in [2.75, 3.05) is 13.2 Å². The number of nitrogens with zero attached hydrogens (tertiary/aromatic N) is 2. The second-order valence-electron chi connectivity index (χ2n) is 6.43. The molecule has 1 saturated heterocycles. The number of rotatable bonds is 5. The van der Waals surface area contributed by atoms with Crippen molar-refractivity contribution in [2.24, 2.45) is 7.05 Å². The number of ether oxygens (including phenoxy) is 2. The molecule has 23 heavy (non-hydrogen) atoms. The highest BCUT2D eigenvalue weighted by atomic mass is 16.6. The van der Waals surface area contributed by atoms with E-state index in [0.717, 1.165) is 31.4 Å². The van der Waals surface area contributed by atoms with Gasteiger partial charge in [0.25, 0.3) is 0 Å². The van der Waals surface area contributed by atoms with Gasteiger partial charge in [-0.3, -0.25) is 4.68 Å². The molecule has 2 heterocycles. The van der Waals surface area contributed by atoms with Gasteiger partial charge in [-0.2, -0.15) is 5.10 Å². The van der Waals surface area contributed by atoms with Crippen molar-refractivity contribution in [3.63, 3.8) is 0 Å². The Morgan fingerprint density at radius 2 is 2.48 bits per heavy atom. The Bertz CT molecular complexity index is 553. The van der Waals surface area contributed by atoms with E-state index in [-0.39, 0.29) is 29.8 Å². The average Bonchev–Trinajstić information content (AvgIpc) is 3.16. The molecule has 1 aliphatic carbocycles. The fourth-order valence-corrected chi connectivity index (χ4v) is 3.62. The summed E-state index contributed by atoms with van der Waals surface area (Å²) in [7, 11) is 1.86. The maximum Gasteiger partial charge on any atom is 0.315 e. The van der Waals surface area contributed by atoms with Crippen LogP contribution in [0.3, 0.4) is 0 Å². The average molecular weight is 322 g/mol. The first-order chi connectivity index (χ1) is 11.0. The summed E-state index contributed by atoms with van der Waals surface area (Å²) in [6.45, 7) is 5.36. The van der Waals surface area contributed by atoms with E-state index < -0.39 is 0 Å². The zero-order chi connectivity index (χ0) is 16.4. The van der Waals surface area contributed by atoms with E-state index in [2.05, 4.69) is 15.7 Å². The highest BCUT2D eigenvalue weighted by Gasteiger charge is 2.59. The zero-order valence-corrected chi connectivity index (χ0v) is 14.0. The summed E-state index contributed by atoms with van der Waals surface area (Å²) in [6.07, 6.45) is 6.54. The summed E-state index contributed by atoms with van der Waals surface area (Å²) >= 11 is 0. The number of amides is 2. The van der Waals surface area contributed by atoms with Gasteiger partial charge in [-0.1, -0.05) is 0 Å². The molecule has 2 amide bonds. The van der Waals surface area contributed by atoms with Crippen molar-refractivity contribution in [1.29, 1.82) is 0 Å². The van der Waals surface area contributed by atoms with E-state index in [1.807, 2.05) is 27.1 Å². The standard InChI is InChI=1S/C16H26N4O3/c1-4-22-14-8-13(16(14)6-5-7-23-16)19-15(21)18-11(2)12-9-17-20(3)10-12/h9-11,13-14H,4-8H2,1-3H3,(H2,18,19,21). The highest BCUT2D eigenvalue weighted by molar-refractivity contribution is 5.75. The molecule has 1 aromatic rings. The predicted octanol–water partition coefficient (Wildman–Crippen LogP) is 1.51. The number of aryl methyl sites for hydroxylation is 1. The molecule has 0 radical (unpaired) electrons. The molecule has 1 spiro atoms. The molecule has 0 bridgehead atoms. The number of carbonyl (C=O) groups excluding carboxylic acids is 1. The van der Waals surface area contributed by atoms with Gasteiger partial charge in [0.1, 0.15) is 5.60 Å². The Kier molecular flexibility index (Phi) is 4.59. The lowest BCUT2D eigenvalue weighted by atomic mass is 9.70. The van der Waals surface area contributed by atoms with E-state index in [9.17, 15) is 4.79 Å². The minimum Gasteiger partial charge on any atom is -0.375 e. The first-order valence-corrected chi connectivity index (χ1v) is 8.36. The van der Waals surface area contributed by atoms with Crippen LogP contribution in [0.4, 0.5) is 4.79 Å². The number of hydrogen-bond acceptors (Lipinski definition) is 4. The molecule has 7 nitrogen and oxygen atoms in total. The number of hydrogen-bond donors (Lipinski definition) is 2. The van der Waals surface area contributed by atoms with Gasteiger partial charge in [0, 0.05) is 32.0 Å². The predicted molar refractivity (Wildman–Crippen MR) is 85.0 cm³/mol. The van der Waals surface area contributed by atoms with Crippen molar-refractivity contribution in [3.8, 4) is 0 Å². The lowest BCUT2D eigenvalue weighted by Crippen LogP contribution is -2.70. The SMILES string of the molecule is CCOC1CC(NC(=O)NC(C)c2cnn(C)c2)C12CCCO2. The smallest absolute Gasteiger partial charge is 0.315 e. The molecule has 2 fully saturated rings. The van der Waals surface area contributed by atoms with Crippen LogP contribution in [0.1, 0.15) is 44.7 Å². The van der Waals surface area contributed by atoms with Gasteiger partial charge in [-0.15, -0.1) is 0 Å². The minimum atomic E-state index is -0.328. The summed E-state index contributed by atoms with van der Waals surface area (Å²) in [4.78, 5) is 12.3. The largest absolute Gasteiger partial charge is 0.375 e. The Hall–Kier alpha value is -1.60. The van der Waals surface area contributed by atoms with Crippen LogP contribution in [0.25, 0.3) is 0 Å². The fraction of sp³-hybridized carbons (Fsp3) is 0.750. The zero-order valence-electron chi connectivity index (χ0n) is 14.0. The van der Waals surface area contributed by atoms with Crippen LogP contribution < -0.4 is 10.6 Å². The summed E-state index contributed by atoms with van der Waals surface area (Å²) in [6, 6.07) is -0.245. The second-order valence-corrected chi connectivity index (χ2v) is 6.43. The number of nitrogens with one attached hydrogen (secondary N) is 2. The number of urea groups is 1. The van der Waals surface area contributed by atoms with Gasteiger partial charge in [0.15, 0.2) is 0 Å². The molecular formula is C16H26N4O3. The van der Waals surface area contributed by atoms with Crippen molar-refractivity contribution >= 4 is 6.03 Å². The maximum atomic E-state index is 12.3. The second kappa shape index (κ2) is 6.49. The van der Waals surface area contributed by atoms with Gasteiger partial charge in [-0.25, -0.2) is 4.79 Å². The number of aromatic nitrogens is 2.